The molecule has 1 aliphatic heterocycles. The second kappa shape index (κ2) is 4.49. The molecule has 0 saturated carbocycles. The van der Waals surface area contributed by atoms with E-state index in [1.54, 1.807) is 0 Å². The summed E-state index contributed by atoms with van der Waals surface area (Å²) < 4.78 is 2.09. The van der Waals surface area contributed by atoms with Crippen LogP contribution in [0.4, 0.5) is 5.69 Å². The molecule has 0 aliphatic carbocycles. The van der Waals surface area contributed by atoms with Gasteiger partial charge in [0, 0.05) is 49.5 Å². The van der Waals surface area contributed by atoms with Crippen molar-refractivity contribution in [3.63, 3.8) is 0 Å². The number of piperazine rings is 1. The molecule has 5 heteroatoms. The van der Waals surface area contributed by atoms with Crippen molar-refractivity contribution in [1.29, 1.82) is 0 Å². The number of nitrogens with one attached hydrogen (secondary N) is 1. The predicted molar refractivity (Wildman–Crippen MR) is 76.8 cm³/mol. The van der Waals surface area contributed by atoms with E-state index in [-0.39, 0.29) is 5.41 Å². The number of rotatable bonds is 1. The van der Waals surface area contributed by atoms with Gasteiger partial charge in [0.2, 0.25) is 0 Å². The molecule has 5 nitrogen and oxygen atoms in total. The van der Waals surface area contributed by atoms with Gasteiger partial charge >= 0.3 is 0 Å². The van der Waals surface area contributed by atoms with Crippen LogP contribution in [0.15, 0.2) is 18.3 Å². The number of fused-ring (bicyclic) bond motifs is 1. The summed E-state index contributed by atoms with van der Waals surface area (Å²) >= 11 is 0. The third-order valence-corrected chi connectivity index (χ3v) is 3.55. The van der Waals surface area contributed by atoms with Gasteiger partial charge < -0.3 is 10.2 Å². The lowest BCUT2D eigenvalue weighted by atomic mass is 9.96. The Balaban J connectivity index is 1.98. The Labute approximate surface area is 113 Å². The van der Waals surface area contributed by atoms with Crippen molar-refractivity contribution in [1.82, 2.24) is 19.9 Å². The van der Waals surface area contributed by atoms with Crippen LogP contribution in [0.5, 0.6) is 0 Å². The van der Waals surface area contributed by atoms with E-state index >= 15 is 0 Å². The fraction of sp³-hybridized carbons (Fsp3) is 0.571. The summed E-state index contributed by atoms with van der Waals surface area (Å²) in [6, 6.07) is 4.30. The van der Waals surface area contributed by atoms with Crippen LogP contribution in [0.2, 0.25) is 0 Å². The van der Waals surface area contributed by atoms with Crippen LogP contribution < -0.4 is 10.2 Å². The molecule has 0 amide bonds. The zero-order valence-corrected chi connectivity index (χ0v) is 11.8. The lowest BCUT2D eigenvalue weighted by Gasteiger charge is -2.29. The van der Waals surface area contributed by atoms with Crippen LogP contribution in [0.3, 0.4) is 0 Å². The minimum Gasteiger partial charge on any atom is -0.369 e. The van der Waals surface area contributed by atoms with Crippen LogP contribution in [0.1, 0.15) is 26.6 Å². The van der Waals surface area contributed by atoms with E-state index in [4.69, 9.17) is 0 Å². The Morgan fingerprint density at radius 3 is 2.58 bits per heavy atom. The molecule has 0 spiro atoms. The van der Waals surface area contributed by atoms with Crippen LogP contribution in [0.25, 0.3) is 5.65 Å². The lowest BCUT2D eigenvalue weighted by Crippen LogP contribution is -2.43. The molecular weight excluding hydrogens is 238 g/mol. The fourth-order valence-corrected chi connectivity index (χ4v) is 2.51. The molecule has 1 N–H and O–H groups in total. The third-order valence-electron chi connectivity index (χ3n) is 3.55. The van der Waals surface area contributed by atoms with Gasteiger partial charge in [0.1, 0.15) is 5.82 Å². The molecule has 0 unspecified atom stereocenters. The van der Waals surface area contributed by atoms with Crippen LogP contribution >= 0.6 is 0 Å². The summed E-state index contributed by atoms with van der Waals surface area (Å²) in [5.74, 6) is 1.01. The van der Waals surface area contributed by atoms with Gasteiger partial charge in [-0.3, -0.25) is 4.40 Å². The number of hydrogen-bond donors (Lipinski definition) is 1. The molecule has 0 aromatic carbocycles. The molecule has 0 bridgehead atoms. The van der Waals surface area contributed by atoms with Gasteiger partial charge in [0.05, 0.1) is 0 Å². The first-order valence-corrected chi connectivity index (χ1v) is 6.87. The fourth-order valence-electron chi connectivity index (χ4n) is 2.51. The molecule has 102 valence electrons. The normalized spacial score (nSPS) is 17.1. The van der Waals surface area contributed by atoms with E-state index in [1.165, 1.54) is 5.69 Å². The summed E-state index contributed by atoms with van der Waals surface area (Å²) in [7, 11) is 0. The van der Waals surface area contributed by atoms with E-state index in [0.717, 1.165) is 37.7 Å². The van der Waals surface area contributed by atoms with Crippen molar-refractivity contribution < 1.29 is 0 Å². The monoisotopic (exact) mass is 259 g/mol. The lowest BCUT2D eigenvalue weighted by molar-refractivity contribution is 0.538. The Kier molecular flexibility index (Phi) is 2.93. The summed E-state index contributed by atoms with van der Waals surface area (Å²) in [6.07, 6.45) is 2.09. The highest BCUT2D eigenvalue weighted by Crippen LogP contribution is 2.23. The summed E-state index contributed by atoms with van der Waals surface area (Å²) in [4.78, 5) is 2.39. The van der Waals surface area contributed by atoms with Gasteiger partial charge in [-0.25, -0.2) is 0 Å². The largest absolute Gasteiger partial charge is 0.369 e. The van der Waals surface area contributed by atoms with E-state index in [9.17, 15) is 0 Å². The quantitative estimate of drug-likeness (QED) is 0.841. The topological polar surface area (TPSA) is 45.5 Å². The van der Waals surface area contributed by atoms with Gasteiger partial charge in [0.15, 0.2) is 5.65 Å². The summed E-state index contributed by atoms with van der Waals surface area (Å²) in [5.41, 5.74) is 2.18. The Morgan fingerprint density at radius 2 is 1.89 bits per heavy atom. The number of aromatic nitrogens is 3. The average molecular weight is 259 g/mol. The SMILES string of the molecule is CC(C)(C)c1nnc2cc(N3CCNCC3)ccn12. The maximum absolute atomic E-state index is 4.33. The van der Waals surface area contributed by atoms with Crippen LogP contribution in [-0.4, -0.2) is 40.8 Å². The third kappa shape index (κ3) is 2.30. The molecule has 2 aromatic heterocycles. The van der Waals surface area contributed by atoms with Crippen molar-refractivity contribution in [2.24, 2.45) is 0 Å². The van der Waals surface area contributed by atoms with Crippen LogP contribution in [0, 0.1) is 0 Å². The Morgan fingerprint density at radius 1 is 1.16 bits per heavy atom. The van der Waals surface area contributed by atoms with E-state index in [0.29, 0.717) is 0 Å². The van der Waals surface area contributed by atoms with Gasteiger partial charge in [-0.15, -0.1) is 10.2 Å². The summed E-state index contributed by atoms with van der Waals surface area (Å²) in [5, 5.41) is 12.0. The predicted octanol–water partition coefficient (Wildman–Crippen LogP) is 1.44. The highest BCUT2D eigenvalue weighted by atomic mass is 15.3. The number of hydrogen-bond acceptors (Lipinski definition) is 4. The first kappa shape index (κ1) is 12.4. The van der Waals surface area contributed by atoms with Crippen LogP contribution in [-0.2, 0) is 5.41 Å². The first-order chi connectivity index (χ1) is 9.05. The molecule has 1 saturated heterocycles. The van der Waals surface area contributed by atoms with E-state index in [2.05, 4.69) is 63.9 Å². The molecule has 0 atom stereocenters. The van der Waals surface area contributed by atoms with Crippen molar-refractivity contribution >= 4 is 11.3 Å². The van der Waals surface area contributed by atoms with Crippen molar-refractivity contribution in [2.45, 2.75) is 26.2 Å². The molecule has 19 heavy (non-hydrogen) atoms. The minimum atomic E-state index is 0.00990. The Bertz CT molecular complexity index is 575. The molecule has 0 radical (unpaired) electrons. The second-order valence-corrected chi connectivity index (χ2v) is 6.12. The van der Waals surface area contributed by atoms with Gasteiger partial charge in [-0.05, 0) is 6.07 Å². The van der Waals surface area contributed by atoms with Gasteiger partial charge in [0.25, 0.3) is 0 Å². The number of anilines is 1. The van der Waals surface area contributed by atoms with Crippen molar-refractivity contribution in [3.8, 4) is 0 Å². The molecular formula is C14H21N5. The molecule has 1 aliphatic rings. The Hall–Kier alpha value is -1.62. The molecule has 3 heterocycles. The highest BCUT2D eigenvalue weighted by Gasteiger charge is 2.21. The standard InChI is InChI=1S/C14H21N5/c1-14(2,3)13-17-16-12-10-11(4-7-19(12)13)18-8-5-15-6-9-18/h4,7,10,15H,5-6,8-9H2,1-3H3. The molecule has 3 rings (SSSR count). The van der Waals surface area contributed by atoms with Gasteiger partial charge in [-0.1, -0.05) is 20.8 Å². The average Bonchev–Trinajstić information content (AvgIpc) is 2.82. The molecule has 2 aromatic rings. The maximum atomic E-state index is 4.33. The van der Waals surface area contributed by atoms with Crippen molar-refractivity contribution in [3.05, 3.63) is 24.2 Å². The summed E-state index contributed by atoms with van der Waals surface area (Å²) in [6.45, 7) is 10.7. The van der Waals surface area contributed by atoms with Crippen molar-refractivity contribution in [2.75, 3.05) is 31.1 Å². The highest BCUT2D eigenvalue weighted by molar-refractivity contribution is 5.56. The smallest absolute Gasteiger partial charge is 0.162 e. The van der Waals surface area contributed by atoms with Gasteiger partial charge in [-0.2, -0.15) is 0 Å². The minimum absolute atomic E-state index is 0.00990. The zero-order valence-electron chi connectivity index (χ0n) is 11.8. The maximum Gasteiger partial charge on any atom is 0.162 e. The number of pyridine rings is 1. The van der Waals surface area contributed by atoms with E-state index in [1.807, 2.05) is 0 Å². The first-order valence-electron chi connectivity index (χ1n) is 6.87. The second-order valence-electron chi connectivity index (χ2n) is 6.12. The van der Waals surface area contributed by atoms with E-state index < -0.39 is 0 Å². The number of nitrogens with zero attached hydrogens (tertiary/aromatic N) is 4. The zero-order chi connectivity index (χ0) is 13.5. The molecule has 1 fully saturated rings.